The highest BCUT2D eigenvalue weighted by molar-refractivity contribution is 7.07. The molecule has 0 saturated carbocycles. The molecule has 0 aromatic carbocycles. The lowest BCUT2D eigenvalue weighted by atomic mass is 10.2. The van der Waals surface area contributed by atoms with Crippen molar-refractivity contribution in [3.8, 4) is 0 Å². The molecule has 0 bridgehead atoms. The Balaban J connectivity index is 2.37. The van der Waals surface area contributed by atoms with Crippen molar-refractivity contribution >= 4 is 19.7 Å². The fourth-order valence-corrected chi connectivity index (χ4v) is 2.52. The van der Waals surface area contributed by atoms with Gasteiger partial charge in [-0.15, -0.1) is 11.3 Å². The molecule has 1 aromatic rings. The number of aromatic nitrogens is 1. The van der Waals surface area contributed by atoms with E-state index in [-0.39, 0.29) is 0 Å². The van der Waals surface area contributed by atoms with Gasteiger partial charge in [-0.05, 0) is 18.1 Å². The van der Waals surface area contributed by atoms with E-state index in [1.54, 1.807) is 0 Å². The molecule has 0 aliphatic heterocycles. The molecule has 1 rings (SSSR count). The number of rotatable bonds is 4. The van der Waals surface area contributed by atoms with Gasteiger partial charge in [-0.3, -0.25) is 0 Å². The van der Waals surface area contributed by atoms with Gasteiger partial charge in [-0.25, -0.2) is 4.98 Å². The smallest absolute Gasteiger partial charge is 0.191 e. The Kier molecular flexibility index (Phi) is 4.09. The summed E-state index contributed by atoms with van der Waals surface area (Å²) in [6.07, 6.45) is 0.909. The number of hydrogen-bond acceptors (Lipinski definition) is 3. The van der Waals surface area contributed by atoms with E-state index in [4.69, 9.17) is 4.43 Å². The second kappa shape index (κ2) is 4.76. The Morgan fingerprint density at radius 3 is 2.60 bits per heavy atom. The first-order valence-electron chi connectivity index (χ1n) is 5.27. The second-order valence-electron chi connectivity index (χ2n) is 5.29. The zero-order chi connectivity index (χ0) is 11.5. The van der Waals surface area contributed by atoms with Crippen LogP contribution in [0.3, 0.4) is 0 Å². The van der Waals surface area contributed by atoms with E-state index in [0.29, 0.717) is 5.04 Å². The lowest BCUT2D eigenvalue weighted by Crippen LogP contribution is -2.41. The first kappa shape index (κ1) is 12.9. The van der Waals surface area contributed by atoms with Gasteiger partial charge in [0.2, 0.25) is 0 Å². The highest BCUT2D eigenvalue weighted by Crippen LogP contribution is 2.36. The van der Waals surface area contributed by atoms with Crippen molar-refractivity contribution < 1.29 is 4.43 Å². The largest absolute Gasteiger partial charge is 0.416 e. The highest BCUT2D eigenvalue weighted by Gasteiger charge is 2.36. The molecule has 0 atom stereocenters. The van der Waals surface area contributed by atoms with Crippen LogP contribution in [0.2, 0.25) is 18.1 Å². The molecule has 0 unspecified atom stereocenters. The van der Waals surface area contributed by atoms with Crippen LogP contribution in [0.4, 0.5) is 0 Å². The average Bonchev–Trinajstić information content (AvgIpc) is 2.54. The summed E-state index contributed by atoms with van der Waals surface area (Å²) in [6, 6.07) is 0. The maximum Gasteiger partial charge on any atom is 0.191 e. The Labute approximate surface area is 97.8 Å². The van der Waals surface area contributed by atoms with E-state index in [9.17, 15) is 0 Å². The van der Waals surface area contributed by atoms with Gasteiger partial charge in [0, 0.05) is 18.4 Å². The third kappa shape index (κ3) is 3.70. The van der Waals surface area contributed by atoms with Crippen LogP contribution in [0.15, 0.2) is 5.38 Å². The average molecular weight is 242 g/mol. The Hall–Kier alpha value is -0.193. The fraction of sp³-hybridized carbons (Fsp3) is 0.727. The zero-order valence-corrected chi connectivity index (χ0v) is 12.1. The van der Waals surface area contributed by atoms with Crippen molar-refractivity contribution in [2.75, 3.05) is 6.61 Å². The summed E-state index contributed by atoms with van der Waals surface area (Å²) in [5.41, 5.74) is 3.95. The third-order valence-corrected chi connectivity index (χ3v) is 8.19. The molecule has 0 N–H and O–H groups in total. The summed E-state index contributed by atoms with van der Waals surface area (Å²) in [7, 11) is -1.57. The van der Waals surface area contributed by atoms with Crippen LogP contribution in [0.1, 0.15) is 26.5 Å². The van der Waals surface area contributed by atoms with Crippen LogP contribution in [-0.2, 0) is 10.8 Å². The van der Waals surface area contributed by atoms with Crippen LogP contribution in [0, 0.1) is 5.51 Å². The second-order valence-corrected chi connectivity index (χ2v) is 10.8. The molecule has 0 amide bonds. The minimum atomic E-state index is -1.57. The molecule has 0 spiro atoms. The molecule has 0 saturated heterocycles. The quantitative estimate of drug-likeness (QED) is 0.754. The molecule has 4 heteroatoms. The van der Waals surface area contributed by atoms with Crippen molar-refractivity contribution in [3.63, 3.8) is 0 Å². The number of hydrogen-bond donors (Lipinski definition) is 0. The predicted molar refractivity (Wildman–Crippen MR) is 67.8 cm³/mol. The minimum absolute atomic E-state index is 0.293. The summed E-state index contributed by atoms with van der Waals surface area (Å²) in [6.45, 7) is 12.1. The molecule has 0 aliphatic rings. The predicted octanol–water partition coefficient (Wildman–Crippen LogP) is 3.51. The number of nitrogens with zero attached hydrogens (tertiary/aromatic N) is 1. The molecule has 0 fully saturated rings. The van der Waals surface area contributed by atoms with Crippen molar-refractivity contribution in [2.45, 2.75) is 45.3 Å². The molecule has 2 nitrogen and oxygen atoms in total. The van der Waals surface area contributed by atoms with E-state index < -0.39 is 8.32 Å². The van der Waals surface area contributed by atoms with Gasteiger partial charge in [0.05, 0.1) is 5.69 Å². The molecule has 1 aromatic heterocycles. The van der Waals surface area contributed by atoms with Gasteiger partial charge in [0.25, 0.3) is 0 Å². The maximum atomic E-state index is 6.06. The van der Waals surface area contributed by atoms with Crippen LogP contribution >= 0.6 is 11.3 Å². The fourth-order valence-electron chi connectivity index (χ4n) is 0.948. The maximum absolute atomic E-state index is 6.06. The Morgan fingerprint density at radius 2 is 2.13 bits per heavy atom. The monoisotopic (exact) mass is 242 g/mol. The normalized spacial score (nSPS) is 13.1. The van der Waals surface area contributed by atoms with Gasteiger partial charge in [0.15, 0.2) is 13.8 Å². The molecule has 85 valence electrons. The zero-order valence-electron chi connectivity index (χ0n) is 10.3. The Morgan fingerprint density at radius 1 is 1.47 bits per heavy atom. The summed E-state index contributed by atoms with van der Waals surface area (Å²) < 4.78 is 6.06. The van der Waals surface area contributed by atoms with E-state index >= 15 is 0 Å². The van der Waals surface area contributed by atoms with Crippen LogP contribution in [-0.4, -0.2) is 19.9 Å². The summed E-state index contributed by atoms with van der Waals surface area (Å²) in [5, 5.41) is 2.33. The van der Waals surface area contributed by atoms with E-state index in [1.165, 1.54) is 11.3 Å². The Bertz CT molecular complexity index is 290. The molecular weight excluding hydrogens is 222 g/mol. The van der Waals surface area contributed by atoms with E-state index in [0.717, 1.165) is 18.7 Å². The lowest BCUT2D eigenvalue weighted by molar-refractivity contribution is 0.291. The summed E-state index contributed by atoms with van der Waals surface area (Å²) in [5.74, 6) is 0. The minimum Gasteiger partial charge on any atom is -0.416 e. The van der Waals surface area contributed by atoms with Gasteiger partial charge in [-0.1, -0.05) is 20.8 Å². The summed E-state index contributed by atoms with van der Waals surface area (Å²) in [4.78, 5) is 4.13. The van der Waals surface area contributed by atoms with Crippen molar-refractivity contribution in [2.24, 2.45) is 0 Å². The molecule has 1 heterocycles. The highest BCUT2D eigenvalue weighted by atomic mass is 32.1. The third-order valence-electron chi connectivity index (χ3n) is 3.06. The standard InChI is InChI=1S/C11H20NOSSi/c1-11(2,3)15(4,5)13-7-6-10-8-14-9-12-10/h8H,6-7H2,1-5H3. The van der Waals surface area contributed by atoms with Crippen molar-refractivity contribution in [1.29, 1.82) is 0 Å². The van der Waals surface area contributed by atoms with Crippen molar-refractivity contribution in [1.82, 2.24) is 4.98 Å². The topological polar surface area (TPSA) is 22.1 Å². The first-order valence-corrected chi connectivity index (χ1v) is 9.06. The van der Waals surface area contributed by atoms with Gasteiger partial charge in [-0.2, -0.15) is 0 Å². The first-order chi connectivity index (χ1) is 6.83. The van der Waals surface area contributed by atoms with E-state index in [2.05, 4.69) is 44.4 Å². The molecule has 15 heavy (non-hydrogen) atoms. The SMILES string of the molecule is CC(C)(C)[Si](C)(C)OCCc1cs[c]n1. The van der Waals surface area contributed by atoms with Gasteiger partial charge >= 0.3 is 0 Å². The molecule has 0 aliphatic carbocycles. The van der Waals surface area contributed by atoms with Crippen LogP contribution in [0.25, 0.3) is 0 Å². The molecule has 1 radical (unpaired) electrons. The lowest BCUT2D eigenvalue weighted by Gasteiger charge is -2.36. The van der Waals surface area contributed by atoms with Gasteiger partial charge in [0.1, 0.15) is 0 Å². The molecular formula is C11H20NOSSi. The van der Waals surface area contributed by atoms with Crippen LogP contribution < -0.4 is 0 Å². The van der Waals surface area contributed by atoms with E-state index in [1.807, 2.05) is 5.38 Å². The number of thiazole rings is 1. The van der Waals surface area contributed by atoms with Crippen molar-refractivity contribution in [3.05, 3.63) is 16.6 Å². The van der Waals surface area contributed by atoms with Gasteiger partial charge < -0.3 is 4.43 Å². The summed E-state index contributed by atoms with van der Waals surface area (Å²) >= 11 is 1.52. The van der Waals surface area contributed by atoms with Crippen LogP contribution in [0.5, 0.6) is 0 Å².